The van der Waals surface area contributed by atoms with Crippen molar-refractivity contribution in [3.8, 4) is 11.5 Å². The molecule has 11 heteroatoms. The average molecular weight is 540 g/mol. The second-order valence-electron chi connectivity index (χ2n) is 9.06. The van der Waals surface area contributed by atoms with Gasteiger partial charge in [-0.25, -0.2) is 9.59 Å². The molecule has 0 saturated carbocycles. The minimum atomic E-state index is -1.55. The summed E-state index contributed by atoms with van der Waals surface area (Å²) in [6.45, 7) is 8.97. The minimum absolute atomic E-state index is 0.0106. The van der Waals surface area contributed by atoms with Crippen molar-refractivity contribution in [1.29, 1.82) is 0 Å². The Balaban J connectivity index is 3.16. The third-order valence-corrected chi connectivity index (χ3v) is 5.80. The van der Waals surface area contributed by atoms with Crippen molar-refractivity contribution in [3.63, 3.8) is 0 Å². The van der Waals surface area contributed by atoms with E-state index in [1.54, 1.807) is 19.9 Å². The molecule has 214 valence electrons. The van der Waals surface area contributed by atoms with E-state index in [9.17, 15) is 19.2 Å². The van der Waals surface area contributed by atoms with Gasteiger partial charge in [-0.2, -0.15) is 0 Å². The number of benzene rings is 1. The molecule has 0 bridgehead atoms. The van der Waals surface area contributed by atoms with Gasteiger partial charge in [0.2, 0.25) is 0 Å². The van der Waals surface area contributed by atoms with Gasteiger partial charge in [0.15, 0.2) is 11.5 Å². The molecule has 1 aromatic carbocycles. The van der Waals surface area contributed by atoms with Gasteiger partial charge in [-0.05, 0) is 50.8 Å². The highest BCUT2D eigenvalue weighted by atomic mass is 16.7. The lowest BCUT2D eigenvalue weighted by Gasteiger charge is -2.26. The first kappa shape index (κ1) is 32.7. The van der Waals surface area contributed by atoms with Crippen LogP contribution >= 0.6 is 0 Å². The van der Waals surface area contributed by atoms with E-state index in [4.69, 9.17) is 34.2 Å². The maximum Gasteiger partial charge on any atom is 0.514 e. The Morgan fingerprint density at radius 3 is 2.03 bits per heavy atom. The summed E-state index contributed by atoms with van der Waals surface area (Å²) in [7, 11) is 1.20. The van der Waals surface area contributed by atoms with E-state index in [1.165, 1.54) is 19.2 Å². The summed E-state index contributed by atoms with van der Waals surface area (Å²) < 4.78 is 31.0. The molecule has 3 atom stereocenters. The Kier molecular flexibility index (Phi) is 14.2. The largest absolute Gasteiger partial charge is 0.514 e. The van der Waals surface area contributed by atoms with Gasteiger partial charge in [0.25, 0.3) is 0 Å². The topological polar surface area (TPSA) is 150 Å². The van der Waals surface area contributed by atoms with Crippen LogP contribution in [0.3, 0.4) is 0 Å². The van der Waals surface area contributed by atoms with Crippen LogP contribution in [0.4, 0.5) is 9.59 Å². The highest BCUT2D eigenvalue weighted by molar-refractivity contribution is 5.81. The van der Waals surface area contributed by atoms with E-state index in [0.29, 0.717) is 24.8 Å². The van der Waals surface area contributed by atoms with Crippen LogP contribution in [0.2, 0.25) is 0 Å². The van der Waals surface area contributed by atoms with Crippen molar-refractivity contribution < 1.29 is 47.6 Å². The van der Waals surface area contributed by atoms with Crippen LogP contribution in [0, 0.1) is 0 Å². The quantitative estimate of drug-likeness (QED) is 0.185. The zero-order valence-electron chi connectivity index (χ0n) is 23.2. The first-order valence-electron chi connectivity index (χ1n) is 12.9. The van der Waals surface area contributed by atoms with Gasteiger partial charge in [0.05, 0.1) is 13.7 Å². The number of carbonyl (C=O) groups excluding carboxylic acids is 4. The van der Waals surface area contributed by atoms with E-state index in [2.05, 4.69) is 0 Å². The first-order valence-corrected chi connectivity index (χ1v) is 12.9. The maximum atomic E-state index is 12.6. The molecule has 0 heterocycles. The Bertz CT molecular complexity index is 934. The van der Waals surface area contributed by atoms with Crippen LogP contribution in [0.15, 0.2) is 18.2 Å². The minimum Gasteiger partial charge on any atom is -0.468 e. The molecule has 0 aliphatic carbocycles. The highest BCUT2D eigenvalue weighted by Crippen LogP contribution is 2.31. The fraction of sp³-hybridized carbons (Fsp3) is 0.630. The zero-order chi connectivity index (χ0) is 28.7. The number of hydrogen-bond acceptors (Lipinski definition) is 11. The SMILES string of the molecule is CCCCC(=O)OCC[C@@](N)(Cc1ccc(OC(=O)OC(C)CC)c(OC(=O)OC(C)CC)c1)C(=O)OC. The number of rotatable bonds is 15. The smallest absolute Gasteiger partial charge is 0.468 e. The highest BCUT2D eigenvalue weighted by Gasteiger charge is 2.36. The standard InChI is InChI=1S/C27H41NO10/c1-7-10-11-23(29)34-15-14-27(28,24(30)33-6)17-20-12-13-21(37-25(31)35-18(4)8-2)22(16-20)38-26(32)36-19(5)9-3/h12-13,16,18-19H,7-11,14-15,17,28H2,1-6H3/t18?,19?,27-/m1/s1. The zero-order valence-corrected chi connectivity index (χ0v) is 23.2. The van der Waals surface area contributed by atoms with Gasteiger partial charge in [-0.1, -0.05) is 33.3 Å². The number of unbranched alkanes of at least 4 members (excludes halogenated alkanes) is 1. The number of ether oxygens (including phenoxy) is 6. The van der Waals surface area contributed by atoms with Crippen molar-refractivity contribution in [2.45, 2.75) is 97.3 Å². The van der Waals surface area contributed by atoms with E-state index < -0.39 is 29.9 Å². The Morgan fingerprint density at radius 2 is 1.50 bits per heavy atom. The van der Waals surface area contributed by atoms with Crippen molar-refractivity contribution in [2.24, 2.45) is 5.73 Å². The molecular formula is C27H41NO10. The fourth-order valence-electron chi connectivity index (χ4n) is 3.12. The predicted octanol–water partition coefficient (Wildman–Crippen LogP) is 4.85. The molecule has 0 aromatic heterocycles. The molecular weight excluding hydrogens is 498 g/mol. The molecule has 2 N–H and O–H groups in total. The van der Waals surface area contributed by atoms with Gasteiger partial charge in [0.1, 0.15) is 17.7 Å². The Labute approximate surface area is 224 Å². The van der Waals surface area contributed by atoms with Gasteiger partial charge in [-0.3, -0.25) is 9.59 Å². The van der Waals surface area contributed by atoms with Crippen molar-refractivity contribution in [3.05, 3.63) is 23.8 Å². The lowest BCUT2D eigenvalue weighted by atomic mass is 9.88. The van der Waals surface area contributed by atoms with Gasteiger partial charge in [0, 0.05) is 19.3 Å². The lowest BCUT2D eigenvalue weighted by Crippen LogP contribution is -2.51. The summed E-state index contributed by atoms with van der Waals surface area (Å²) in [6.07, 6.45) is 0.161. The molecule has 1 rings (SSSR count). The first-order chi connectivity index (χ1) is 18.0. The Morgan fingerprint density at radius 1 is 0.921 bits per heavy atom. The number of nitrogens with two attached hydrogens (primary N) is 1. The van der Waals surface area contributed by atoms with Crippen LogP contribution in [0.5, 0.6) is 11.5 Å². The third-order valence-electron chi connectivity index (χ3n) is 5.80. The number of methoxy groups -OCH3 is 1. The number of esters is 2. The molecule has 11 nitrogen and oxygen atoms in total. The van der Waals surface area contributed by atoms with Crippen molar-refractivity contribution in [1.82, 2.24) is 0 Å². The van der Waals surface area contributed by atoms with Crippen LogP contribution < -0.4 is 15.2 Å². The van der Waals surface area contributed by atoms with Gasteiger partial charge >= 0.3 is 24.2 Å². The molecule has 0 aliphatic heterocycles. The van der Waals surface area contributed by atoms with Crippen LogP contribution in [-0.2, 0) is 35.0 Å². The lowest BCUT2D eigenvalue weighted by molar-refractivity contribution is -0.151. The number of carbonyl (C=O) groups is 4. The molecule has 0 amide bonds. The molecule has 0 fully saturated rings. The molecule has 0 saturated heterocycles. The van der Waals surface area contributed by atoms with Gasteiger partial charge in [-0.15, -0.1) is 0 Å². The molecule has 0 spiro atoms. The molecule has 1 aromatic rings. The van der Waals surface area contributed by atoms with Crippen molar-refractivity contribution >= 4 is 24.2 Å². The summed E-state index contributed by atoms with van der Waals surface area (Å²) in [5.41, 5.74) is 5.30. The molecule has 0 radical (unpaired) electrons. The summed E-state index contributed by atoms with van der Waals surface area (Å²) in [5.74, 6) is -1.30. The molecule has 0 aliphatic rings. The fourth-order valence-corrected chi connectivity index (χ4v) is 3.12. The normalized spacial score (nSPS) is 13.9. The van der Waals surface area contributed by atoms with E-state index in [0.717, 1.165) is 6.42 Å². The van der Waals surface area contributed by atoms with E-state index in [1.807, 2.05) is 20.8 Å². The molecule has 2 unspecified atom stereocenters. The van der Waals surface area contributed by atoms with Crippen LogP contribution in [0.25, 0.3) is 0 Å². The average Bonchev–Trinajstić information content (AvgIpc) is 2.87. The second-order valence-corrected chi connectivity index (χ2v) is 9.06. The predicted molar refractivity (Wildman–Crippen MR) is 138 cm³/mol. The summed E-state index contributed by atoms with van der Waals surface area (Å²) in [4.78, 5) is 48.9. The third kappa shape index (κ3) is 11.4. The van der Waals surface area contributed by atoms with Crippen LogP contribution in [0.1, 0.15) is 78.7 Å². The maximum absolute atomic E-state index is 12.6. The monoisotopic (exact) mass is 539 g/mol. The van der Waals surface area contributed by atoms with Crippen LogP contribution in [-0.4, -0.2) is 55.7 Å². The van der Waals surface area contributed by atoms with E-state index >= 15 is 0 Å². The Hall–Kier alpha value is -3.34. The summed E-state index contributed by atoms with van der Waals surface area (Å²) >= 11 is 0. The van der Waals surface area contributed by atoms with Crippen molar-refractivity contribution in [2.75, 3.05) is 13.7 Å². The second kappa shape index (κ2) is 16.5. The van der Waals surface area contributed by atoms with Gasteiger partial charge < -0.3 is 34.2 Å². The summed E-state index contributed by atoms with van der Waals surface area (Å²) in [6, 6.07) is 4.35. The van der Waals surface area contributed by atoms with E-state index in [-0.39, 0.29) is 49.4 Å². The summed E-state index contributed by atoms with van der Waals surface area (Å²) in [5, 5.41) is 0. The number of hydrogen-bond donors (Lipinski definition) is 1. The molecule has 38 heavy (non-hydrogen) atoms.